The van der Waals surface area contributed by atoms with Crippen LogP contribution in [0.1, 0.15) is 49.9 Å². The maximum atomic E-state index is 13.1. The van der Waals surface area contributed by atoms with Gasteiger partial charge in [-0.2, -0.15) is 0 Å². The summed E-state index contributed by atoms with van der Waals surface area (Å²) in [6.45, 7) is 4.96. The van der Waals surface area contributed by atoms with Crippen LogP contribution in [0, 0.1) is 11.8 Å². The molecule has 1 aliphatic heterocycles. The van der Waals surface area contributed by atoms with Crippen LogP contribution < -0.4 is 4.74 Å². The van der Waals surface area contributed by atoms with Crippen LogP contribution in [-0.4, -0.2) is 36.8 Å². The fourth-order valence-corrected chi connectivity index (χ4v) is 3.56. The Balaban J connectivity index is 2.25. The molecule has 4 heteroatoms. The van der Waals surface area contributed by atoms with Gasteiger partial charge in [0.1, 0.15) is 5.75 Å². The van der Waals surface area contributed by atoms with Crippen LogP contribution in [-0.2, 0) is 4.74 Å². The topological polar surface area (TPSA) is 55.8 Å². The van der Waals surface area contributed by atoms with Crippen LogP contribution in [0.4, 0.5) is 0 Å². The fraction of sp³-hybridized carbons (Fsp3) is 0.632. The van der Waals surface area contributed by atoms with E-state index in [1.165, 1.54) is 0 Å². The molecule has 1 aliphatic rings. The monoisotopic (exact) mass is 320 g/mol. The van der Waals surface area contributed by atoms with E-state index in [1.807, 2.05) is 24.3 Å². The van der Waals surface area contributed by atoms with Crippen LogP contribution >= 0.6 is 0 Å². The maximum Gasteiger partial charge on any atom is 0.169 e. The number of aliphatic hydroxyl groups is 1. The molecule has 0 aliphatic carbocycles. The lowest BCUT2D eigenvalue weighted by atomic mass is 9.74. The summed E-state index contributed by atoms with van der Waals surface area (Å²) in [7, 11) is 1.59. The largest absolute Gasteiger partial charge is 0.496 e. The molecule has 0 bridgehead atoms. The molecule has 1 aromatic carbocycles. The van der Waals surface area contributed by atoms with Gasteiger partial charge in [0.25, 0.3) is 0 Å². The van der Waals surface area contributed by atoms with Crippen LogP contribution in [0.2, 0.25) is 0 Å². The second kappa shape index (κ2) is 7.93. The first-order valence-corrected chi connectivity index (χ1v) is 8.40. The highest BCUT2D eigenvalue weighted by molar-refractivity contribution is 6.00. The number of rotatable bonds is 7. The number of hydrogen-bond acceptors (Lipinski definition) is 4. The van der Waals surface area contributed by atoms with E-state index in [0.29, 0.717) is 30.8 Å². The van der Waals surface area contributed by atoms with Crippen molar-refractivity contribution in [1.29, 1.82) is 0 Å². The van der Waals surface area contributed by atoms with Gasteiger partial charge in [0.05, 0.1) is 18.3 Å². The first-order valence-electron chi connectivity index (χ1n) is 8.40. The smallest absolute Gasteiger partial charge is 0.169 e. The highest BCUT2D eigenvalue weighted by Crippen LogP contribution is 2.37. The molecular weight excluding hydrogens is 292 g/mol. The molecule has 0 amide bonds. The van der Waals surface area contributed by atoms with E-state index in [4.69, 9.17) is 9.47 Å². The first kappa shape index (κ1) is 18.0. The van der Waals surface area contributed by atoms with Crippen LogP contribution in [0.25, 0.3) is 0 Å². The van der Waals surface area contributed by atoms with Crippen molar-refractivity contribution in [3.05, 3.63) is 29.8 Å². The Hall–Kier alpha value is -1.39. The highest BCUT2D eigenvalue weighted by Gasteiger charge is 2.37. The number of carbonyl (C=O) groups excluding carboxylic acids is 1. The molecule has 128 valence electrons. The second-order valence-corrected chi connectivity index (χ2v) is 6.90. The first-order chi connectivity index (χ1) is 11.0. The second-order valence-electron chi connectivity index (χ2n) is 6.90. The number of carbonyl (C=O) groups is 1. The van der Waals surface area contributed by atoms with Crippen molar-refractivity contribution in [1.82, 2.24) is 0 Å². The fourth-order valence-electron chi connectivity index (χ4n) is 3.56. The van der Waals surface area contributed by atoms with Crippen molar-refractivity contribution in [3.8, 4) is 5.75 Å². The predicted octanol–water partition coefficient (Wildman–Crippen LogP) is 3.47. The van der Waals surface area contributed by atoms with Crippen molar-refractivity contribution < 1.29 is 19.4 Å². The van der Waals surface area contributed by atoms with Gasteiger partial charge in [-0.25, -0.2) is 0 Å². The number of aliphatic hydroxyl groups excluding tert-OH is 1. The van der Waals surface area contributed by atoms with E-state index >= 15 is 0 Å². The molecule has 23 heavy (non-hydrogen) atoms. The summed E-state index contributed by atoms with van der Waals surface area (Å²) < 4.78 is 11.1. The molecule has 1 N–H and O–H groups in total. The molecule has 2 atom stereocenters. The minimum Gasteiger partial charge on any atom is -0.496 e. The van der Waals surface area contributed by atoms with Gasteiger partial charge in [-0.3, -0.25) is 4.79 Å². The van der Waals surface area contributed by atoms with E-state index in [-0.39, 0.29) is 29.8 Å². The molecule has 1 fully saturated rings. The van der Waals surface area contributed by atoms with Gasteiger partial charge in [0, 0.05) is 19.1 Å². The average molecular weight is 320 g/mol. The Morgan fingerprint density at radius 2 is 2.17 bits per heavy atom. The van der Waals surface area contributed by atoms with Crippen LogP contribution in [0.3, 0.4) is 0 Å². The number of benzene rings is 1. The van der Waals surface area contributed by atoms with E-state index in [1.54, 1.807) is 7.11 Å². The third-order valence-corrected chi connectivity index (χ3v) is 4.69. The predicted molar refractivity (Wildman–Crippen MR) is 89.9 cm³/mol. The van der Waals surface area contributed by atoms with Crippen molar-refractivity contribution >= 4 is 5.78 Å². The number of ketones is 1. The summed E-state index contributed by atoms with van der Waals surface area (Å²) in [5, 5.41) is 9.21. The lowest BCUT2D eigenvalue weighted by Crippen LogP contribution is -2.39. The molecule has 2 rings (SSSR count). The SMILES string of the molecule is COc1ccccc1C(=O)[C@@H](CCCO)[C@@H]1CCOC(C)(C)C1. The molecule has 0 saturated carbocycles. The van der Waals surface area contributed by atoms with Crippen molar-refractivity contribution in [2.75, 3.05) is 20.3 Å². The standard InChI is InChI=1S/C19H28O4/c1-19(2)13-14(10-12-23-19)15(8-6-11-20)18(21)16-7-4-5-9-17(16)22-3/h4-5,7,9,14-15,20H,6,8,10-13H2,1-3H3/t14-,15+/m1/s1. The molecule has 0 unspecified atom stereocenters. The molecule has 0 aromatic heterocycles. The Labute approximate surface area is 138 Å². The van der Waals surface area contributed by atoms with Gasteiger partial charge < -0.3 is 14.6 Å². The minimum atomic E-state index is -0.193. The minimum absolute atomic E-state index is 0.0957. The summed E-state index contributed by atoms with van der Waals surface area (Å²) in [6, 6.07) is 7.39. The van der Waals surface area contributed by atoms with Gasteiger partial charge in [-0.15, -0.1) is 0 Å². The third-order valence-electron chi connectivity index (χ3n) is 4.69. The van der Waals surface area contributed by atoms with Crippen LogP contribution in [0.15, 0.2) is 24.3 Å². The number of hydrogen-bond donors (Lipinski definition) is 1. The molecule has 4 nitrogen and oxygen atoms in total. The van der Waals surface area contributed by atoms with Gasteiger partial charge in [0.15, 0.2) is 5.78 Å². The van der Waals surface area contributed by atoms with E-state index in [0.717, 1.165) is 12.8 Å². The molecule has 1 saturated heterocycles. The summed E-state index contributed by atoms with van der Waals surface area (Å²) in [5.74, 6) is 0.931. The number of ether oxygens (including phenoxy) is 2. The molecular formula is C19H28O4. The Bertz CT molecular complexity index is 524. The van der Waals surface area contributed by atoms with Gasteiger partial charge >= 0.3 is 0 Å². The summed E-state index contributed by atoms with van der Waals surface area (Å²) in [6.07, 6.45) is 3.10. The zero-order valence-electron chi connectivity index (χ0n) is 14.4. The normalized spacial score (nSPS) is 21.7. The van der Waals surface area contributed by atoms with E-state index in [2.05, 4.69) is 13.8 Å². The molecule has 0 radical (unpaired) electrons. The third kappa shape index (κ3) is 4.55. The molecule has 1 heterocycles. The zero-order valence-corrected chi connectivity index (χ0v) is 14.4. The Morgan fingerprint density at radius 3 is 2.83 bits per heavy atom. The summed E-state index contributed by atoms with van der Waals surface area (Å²) >= 11 is 0. The quantitative estimate of drug-likeness (QED) is 0.782. The molecule has 1 aromatic rings. The van der Waals surface area contributed by atoms with Crippen molar-refractivity contribution in [2.24, 2.45) is 11.8 Å². The Kier molecular flexibility index (Phi) is 6.19. The zero-order chi connectivity index (χ0) is 16.9. The van der Waals surface area contributed by atoms with Crippen LogP contribution in [0.5, 0.6) is 5.75 Å². The van der Waals surface area contributed by atoms with Gasteiger partial charge in [-0.1, -0.05) is 12.1 Å². The average Bonchev–Trinajstić information content (AvgIpc) is 2.54. The van der Waals surface area contributed by atoms with Gasteiger partial charge in [0.2, 0.25) is 0 Å². The molecule has 0 spiro atoms. The summed E-state index contributed by atoms with van der Waals surface area (Å²) in [5.41, 5.74) is 0.448. The Morgan fingerprint density at radius 1 is 1.43 bits per heavy atom. The summed E-state index contributed by atoms with van der Waals surface area (Å²) in [4.78, 5) is 13.1. The lowest BCUT2D eigenvalue weighted by molar-refractivity contribution is -0.0803. The number of para-hydroxylation sites is 1. The van der Waals surface area contributed by atoms with E-state index < -0.39 is 0 Å². The lowest BCUT2D eigenvalue weighted by Gasteiger charge is -2.39. The number of Topliss-reactive ketones (excluding diaryl/α,β-unsaturated/α-hetero) is 1. The highest BCUT2D eigenvalue weighted by atomic mass is 16.5. The van der Waals surface area contributed by atoms with Gasteiger partial charge in [-0.05, 0) is 57.6 Å². The maximum absolute atomic E-state index is 13.1. The van der Waals surface area contributed by atoms with Crippen molar-refractivity contribution in [3.63, 3.8) is 0 Å². The van der Waals surface area contributed by atoms with Crippen molar-refractivity contribution in [2.45, 2.75) is 45.1 Å². The number of methoxy groups -OCH3 is 1. The van der Waals surface area contributed by atoms with E-state index in [9.17, 15) is 9.90 Å².